The van der Waals surface area contributed by atoms with Crippen molar-refractivity contribution in [3.8, 4) is 0 Å². The van der Waals surface area contributed by atoms with Crippen LogP contribution in [0.5, 0.6) is 0 Å². The molecule has 82 valence electrons. The van der Waals surface area contributed by atoms with Crippen LogP contribution in [-0.2, 0) is 4.79 Å². The van der Waals surface area contributed by atoms with Crippen LogP contribution in [0.4, 0.5) is 0 Å². The fourth-order valence-electron chi connectivity index (χ4n) is 1.80. The van der Waals surface area contributed by atoms with E-state index in [1.807, 2.05) is 0 Å². The lowest BCUT2D eigenvalue weighted by atomic mass is 9.90. The fraction of sp³-hybridized carbons (Fsp3) is 0.900. The van der Waals surface area contributed by atoms with Crippen molar-refractivity contribution >= 4 is 17.5 Å². The van der Waals surface area contributed by atoms with Crippen LogP contribution in [-0.4, -0.2) is 40.5 Å². The molecule has 0 saturated carbocycles. The topological polar surface area (TPSA) is 40.5 Å². The van der Waals surface area contributed by atoms with Crippen LogP contribution in [0.25, 0.3) is 0 Å². The number of halogens is 1. The molecule has 1 rings (SSSR count). The highest BCUT2D eigenvalue weighted by Crippen LogP contribution is 2.27. The molecule has 3 nitrogen and oxygen atoms in total. The van der Waals surface area contributed by atoms with Gasteiger partial charge in [-0.3, -0.25) is 4.79 Å². The minimum Gasteiger partial charge on any atom is -0.390 e. The first-order valence-corrected chi connectivity index (χ1v) is 5.54. The SMILES string of the molecule is CC(C)(O)C1CCN(C(=O)CCCl)C1. The summed E-state index contributed by atoms with van der Waals surface area (Å²) in [7, 11) is 0. The van der Waals surface area contributed by atoms with E-state index in [4.69, 9.17) is 11.6 Å². The largest absolute Gasteiger partial charge is 0.390 e. The Kier molecular flexibility index (Phi) is 3.78. The van der Waals surface area contributed by atoms with Crippen molar-refractivity contribution in [2.75, 3.05) is 19.0 Å². The molecule has 14 heavy (non-hydrogen) atoms. The van der Waals surface area contributed by atoms with Crippen LogP contribution in [0.3, 0.4) is 0 Å². The molecule has 1 heterocycles. The fourth-order valence-corrected chi connectivity index (χ4v) is 1.96. The van der Waals surface area contributed by atoms with Crippen LogP contribution < -0.4 is 0 Å². The predicted octanol–water partition coefficient (Wildman–Crippen LogP) is 1.23. The van der Waals surface area contributed by atoms with Crippen molar-refractivity contribution < 1.29 is 9.90 Å². The molecule has 1 atom stereocenters. The van der Waals surface area contributed by atoms with Crippen LogP contribution in [0.15, 0.2) is 0 Å². The zero-order valence-electron chi connectivity index (χ0n) is 8.79. The summed E-state index contributed by atoms with van der Waals surface area (Å²) in [5.41, 5.74) is -0.685. The second-order valence-corrected chi connectivity index (χ2v) is 4.80. The van der Waals surface area contributed by atoms with Gasteiger partial charge in [0.2, 0.25) is 5.91 Å². The van der Waals surface area contributed by atoms with Gasteiger partial charge in [0.1, 0.15) is 0 Å². The molecule has 1 aliphatic rings. The summed E-state index contributed by atoms with van der Waals surface area (Å²) in [6, 6.07) is 0. The molecule has 1 N–H and O–H groups in total. The Morgan fingerprint density at radius 1 is 1.64 bits per heavy atom. The van der Waals surface area contributed by atoms with E-state index in [2.05, 4.69) is 0 Å². The maximum atomic E-state index is 11.5. The van der Waals surface area contributed by atoms with Gasteiger partial charge in [-0.15, -0.1) is 11.6 Å². The second-order valence-electron chi connectivity index (χ2n) is 4.42. The van der Waals surface area contributed by atoms with Gasteiger partial charge >= 0.3 is 0 Å². The summed E-state index contributed by atoms with van der Waals surface area (Å²) in [6.07, 6.45) is 1.29. The molecule has 1 aliphatic heterocycles. The molecule has 4 heteroatoms. The lowest BCUT2D eigenvalue weighted by molar-refractivity contribution is -0.130. The Balaban J connectivity index is 2.45. The van der Waals surface area contributed by atoms with Crippen molar-refractivity contribution in [3.63, 3.8) is 0 Å². The monoisotopic (exact) mass is 219 g/mol. The Hall–Kier alpha value is -0.280. The number of carbonyl (C=O) groups excluding carboxylic acids is 1. The van der Waals surface area contributed by atoms with Crippen LogP contribution in [0.2, 0.25) is 0 Å². The molecule has 1 saturated heterocycles. The summed E-state index contributed by atoms with van der Waals surface area (Å²) >= 11 is 5.50. The maximum Gasteiger partial charge on any atom is 0.223 e. The van der Waals surface area contributed by atoms with E-state index in [9.17, 15) is 9.90 Å². The summed E-state index contributed by atoms with van der Waals surface area (Å²) in [5, 5.41) is 9.78. The average molecular weight is 220 g/mol. The van der Waals surface area contributed by atoms with Gasteiger partial charge in [0.25, 0.3) is 0 Å². The quantitative estimate of drug-likeness (QED) is 0.726. The van der Waals surface area contributed by atoms with Gasteiger partial charge in [0.15, 0.2) is 0 Å². The minimum absolute atomic E-state index is 0.103. The summed E-state index contributed by atoms with van der Waals surface area (Å²) in [4.78, 5) is 13.3. The van der Waals surface area contributed by atoms with E-state index in [-0.39, 0.29) is 11.8 Å². The third-order valence-electron chi connectivity index (χ3n) is 2.85. The highest BCUT2D eigenvalue weighted by Gasteiger charge is 2.34. The smallest absolute Gasteiger partial charge is 0.223 e. The Morgan fingerprint density at radius 2 is 2.29 bits per heavy atom. The van der Waals surface area contributed by atoms with Crippen molar-refractivity contribution in [1.29, 1.82) is 0 Å². The summed E-state index contributed by atoms with van der Waals surface area (Å²) < 4.78 is 0. The van der Waals surface area contributed by atoms with E-state index < -0.39 is 5.60 Å². The van der Waals surface area contributed by atoms with E-state index in [1.54, 1.807) is 18.7 Å². The standard InChI is InChI=1S/C10H18ClNO2/c1-10(2,14)8-4-6-12(7-8)9(13)3-5-11/h8,14H,3-7H2,1-2H3. The predicted molar refractivity (Wildman–Crippen MR) is 56.3 cm³/mol. The first kappa shape index (κ1) is 11.8. The molecule has 1 unspecified atom stereocenters. The first-order valence-electron chi connectivity index (χ1n) is 5.01. The molecular formula is C10H18ClNO2. The molecule has 1 fully saturated rings. The van der Waals surface area contributed by atoms with E-state index >= 15 is 0 Å². The van der Waals surface area contributed by atoms with Gasteiger partial charge in [0, 0.05) is 31.3 Å². The maximum absolute atomic E-state index is 11.5. The number of amides is 1. The Morgan fingerprint density at radius 3 is 2.71 bits per heavy atom. The zero-order chi connectivity index (χ0) is 10.8. The highest BCUT2D eigenvalue weighted by atomic mass is 35.5. The van der Waals surface area contributed by atoms with Crippen LogP contribution in [0.1, 0.15) is 26.7 Å². The number of likely N-dealkylation sites (tertiary alicyclic amines) is 1. The van der Waals surface area contributed by atoms with Crippen LogP contribution >= 0.6 is 11.6 Å². The van der Waals surface area contributed by atoms with Crippen LogP contribution in [0, 0.1) is 5.92 Å². The summed E-state index contributed by atoms with van der Waals surface area (Å²) in [6.45, 7) is 5.02. The average Bonchev–Trinajstić information content (AvgIpc) is 2.51. The number of carbonyl (C=O) groups is 1. The van der Waals surface area contributed by atoms with Gasteiger partial charge < -0.3 is 10.0 Å². The van der Waals surface area contributed by atoms with Crippen molar-refractivity contribution in [2.24, 2.45) is 5.92 Å². The van der Waals surface area contributed by atoms with Gasteiger partial charge in [-0.2, -0.15) is 0 Å². The van der Waals surface area contributed by atoms with Gasteiger partial charge in [-0.1, -0.05) is 0 Å². The molecule has 0 aromatic rings. The number of alkyl halides is 1. The number of hydrogen-bond donors (Lipinski definition) is 1. The number of rotatable bonds is 3. The summed E-state index contributed by atoms with van der Waals surface area (Å²) in [5.74, 6) is 0.677. The normalized spacial score (nSPS) is 22.9. The van der Waals surface area contributed by atoms with Gasteiger partial charge in [-0.25, -0.2) is 0 Å². The lowest BCUT2D eigenvalue weighted by Gasteiger charge is -2.25. The first-order chi connectivity index (χ1) is 6.45. The molecular weight excluding hydrogens is 202 g/mol. The number of nitrogens with zero attached hydrogens (tertiary/aromatic N) is 1. The molecule has 0 aromatic carbocycles. The van der Waals surface area contributed by atoms with Crippen molar-refractivity contribution in [2.45, 2.75) is 32.3 Å². The second kappa shape index (κ2) is 4.49. The lowest BCUT2D eigenvalue weighted by Crippen LogP contribution is -2.35. The Bertz CT molecular complexity index is 213. The Labute approximate surface area is 90.0 Å². The molecule has 0 bridgehead atoms. The van der Waals surface area contributed by atoms with Gasteiger partial charge in [-0.05, 0) is 20.3 Å². The molecule has 0 aliphatic carbocycles. The number of aliphatic hydroxyl groups is 1. The van der Waals surface area contributed by atoms with Crippen molar-refractivity contribution in [3.05, 3.63) is 0 Å². The molecule has 0 radical (unpaired) electrons. The minimum atomic E-state index is -0.685. The van der Waals surface area contributed by atoms with E-state index in [0.717, 1.165) is 13.0 Å². The molecule has 0 spiro atoms. The third-order valence-corrected chi connectivity index (χ3v) is 3.04. The van der Waals surface area contributed by atoms with E-state index in [0.29, 0.717) is 18.8 Å². The van der Waals surface area contributed by atoms with Gasteiger partial charge in [0.05, 0.1) is 5.60 Å². The zero-order valence-corrected chi connectivity index (χ0v) is 9.55. The molecule has 0 aromatic heterocycles. The highest BCUT2D eigenvalue weighted by molar-refractivity contribution is 6.18. The third kappa shape index (κ3) is 2.85. The van der Waals surface area contributed by atoms with E-state index in [1.165, 1.54) is 0 Å². The van der Waals surface area contributed by atoms with Crippen molar-refractivity contribution in [1.82, 2.24) is 4.90 Å². The molecule has 1 amide bonds. The number of hydrogen-bond acceptors (Lipinski definition) is 2.